The van der Waals surface area contributed by atoms with Crippen LogP contribution in [0, 0.1) is 6.92 Å². The molecule has 0 radical (unpaired) electrons. The van der Waals surface area contributed by atoms with Gasteiger partial charge in [-0.25, -0.2) is 15.0 Å². The van der Waals surface area contributed by atoms with Crippen molar-refractivity contribution in [3.05, 3.63) is 70.7 Å². The average molecular weight is 428 g/mol. The fraction of sp³-hybridized carbons (Fsp3) is 0.273. The largest absolute Gasteiger partial charge is 0.439 e. The zero-order valence-electron chi connectivity index (χ0n) is 16.7. The molecule has 0 unspecified atom stereocenters. The summed E-state index contributed by atoms with van der Waals surface area (Å²) in [5.41, 5.74) is 2.55. The lowest BCUT2D eigenvalue weighted by atomic mass is 9.95. The molecule has 0 bridgehead atoms. The van der Waals surface area contributed by atoms with Crippen molar-refractivity contribution in [3.8, 4) is 11.6 Å². The summed E-state index contributed by atoms with van der Waals surface area (Å²) in [5, 5.41) is 2.72. The quantitative estimate of drug-likeness (QED) is 0.624. The number of halogens is 3. The number of carbonyl (C=O) groups is 1. The maximum atomic E-state index is 12.6. The zero-order valence-corrected chi connectivity index (χ0v) is 16.7. The molecule has 9 heteroatoms. The fourth-order valence-electron chi connectivity index (χ4n) is 3.41. The number of hydrogen-bond donors (Lipinski definition) is 1. The van der Waals surface area contributed by atoms with E-state index in [9.17, 15) is 18.0 Å². The van der Waals surface area contributed by atoms with Gasteiger partial charge in [0.25, 0.3) is 5.91 Å². The van der Waals surface area contributed by atoms with E-state index in [0.717, 1.165) is 49.2 Å². The van der Waals surface area contributed by atoms with Crippen molar-refractivity contribution >= 4 is 11.9 Å². The highest BCUT2D eigenvalue weighted by Crippen LogP contribution is 2.30. The number of aromatic nitrogens is 3. The predicted molar refractivity (Wildman–Crippen MR) is 107 cm³/mol. The van der Waals surface area contributed by atoms with E-state index >= 15 is 0 Å². The monoisotopic (exact) mass is 428 g/mol. The maximum Gasteiger partial charge on any atom is 0.417 e. The number of ether oxygens (including phenoxy) is 1. The van der Waals surface area contributed by atoms with Gasteiger partial charge >= 0.3 is 6.18 Å². The molecular weight excluding hydrogens is 409 g/mol. The van der Waals surface area contributed by atoms with Gasteiger partial charge in [0.1, 0.15) is 5.75 Å². The van der Waals surface area contributed by atoms with Gasteiger partial charge in [-0.15, -0.1) is 0 Å². The number of hydrogen-bond acceptors (Lipinski definition) is 5. The second kappa shape index (κ2) is 8.33. The van der Waals surface area contributed by atoms with Crippen molar-refractivity contribution < 1.29 is 22.7 Å². The lowest BCUT2D eigenvalue weighted by molar-refractivity contribution is -0.137. The van der Waals surface area contributed by atoms with Crippen LogP contribution in [0.3, 0.4) is 0 Å². The van der Waals surface area contributed by atoms with Gasteiger partial charge in [0, 0.05) is 29.2 Å². The first-order chi connectivity index (χ1) is 14.8. The Labute approximate surface area is 176 Å². The number of aryl methyl sites for hydroxylation is 2. The standard InChI is InChI=1S/C22H19F3N4O2/c1-13-17-4-2-3-5-18(17)28-21(27-13)29-20(30)14-6-9-16(10-7-14)31-19-11-8-15(12-26-19)22(23,24)25/h6-12H,2-5H2,1H3,(H,27,28,29,30). The Hall–Kier alpha value is -3.49. The van der Waals surface area contributed by atoms with E-state index in [1.165, 1.54) is 17.7 Å². The van der Waals surface area contributed by atoms with E-state index in [4.69, 9.17) is 4.74 Å². The number of alkyl halides is 3. The van der Waals surface area contributed by atoms with Gasteiger partial charge in [0.05, 0.1) is 5.56 Å². The molecule has 2 heterocycles. The summed E-state index contributed by atoms with van der Waals surface area (Å²) in [4.78, 5) is 25.1. The number of nitrogens with one attached hydrogen (secondary N) is 1. The molecule has 1 amide bonds. The summed E-state index contributed by atoms with van der Waals surface area (Å²) in [6.45, 7) is 1.92. The molecule has 0 atom stereocenters. The minimum Gasteiger partial charge on any atom is -0.439 e. The normalized spacial score (nSPS) is 13.4. The number of anilines is 1. The molecule has 0 spiro atoms. The topological polar surface area (TPSA) is 77.0 Å². The Morgan fingerprint density at radius 3 is 2.45 bits per heavy atom. The minimum atomic E-state index is -4.46. The van der Waals surface area contributed by atoms with Crippen LogP contribution >= 0.6 is 0 Å². The second-order valence-electron chi connectivity index (χ2n) is 7.23. The average Bonchev–Trinajstić information content (AvgIpc) is 2.74. The molecule has 0 aliphatic heterocycles. The molecule has 31 heavy (non-hydrogen) atoms. The number of nitrogens with zero attached hydrogens (tertiary/aromatic N) is 3. The van der Waals surface area contributed by atoms with Crippen LogP contribution in [0.4, 0.5) is 19.1 Å². The van der Waals surface area contributed by atoms with Gasteiger partial charge in [-0.2, -0.15) is 13.2 Å². The Balaban J connectivity index is 1.42. The first-order valence-corrected chi connectivity index (χ1v) is 9.78. The second-order valence-corrected chi connectivity index (χ2v) is 7.23. The van der Waals surface area contributed by atoms with Crippen LogP contribution < -0.4 is 10.1 Å². The molecule has 3 aromatic rings. The highest BCUT2D eigenvalue weighted by atomic mass is 19.4. The van der Waals surface area contributed by atoms with Crippen LogP contribution in [0.25, 0.3) is 0 Å². The molecular formula is C22H19F3N4O2. The van der Waals surface area contributed by atoms with Crippen LogP contribution in [0.15, 0.2) is 42.6 Å². The number of fused-ring (bicyclic) bond motifs is 1. The Morgan fingerprint density at radius 1 is 1.03 bits per heavy atom. The van der Waals surface area contributed by atoms with Crippen molar-refractivity contribution in [2.45, 2.75) is 38.8 Å². The van der Waals surface area contributed by atoms with Gasteiger partial charge < -0.3 is 4.74 Å². The van der Waals surface area contributed by atoms with Crippen LogP contribution in [0.1, 0.15) is 45.7 Å². The molecule has 4 rings (SSSR count). The Bertz CT molecular complexity index is 1100. The first-order valence-electron chi connectivity index (χ1n) is 9.78. The van der Waals surface area contributed by atoms with Crippen LogP contribution in [-0.4, -0.2) is 20.9 Å². The first kappa shape index (κ1) is 20.8. The van der Waals surface area contributed by atoms with E-state index in [1.807, 2.05) is 6.92 Å². The maximum absolute atomic E-state index is 12.6. The van der Waals surface area contributed by atoms with E-state index in [2.05, 4.69) is 20.3 Å². The zero-order chi connectivity index (χ0) is 22.0. The third kappa shape index (κ3) is 4.82. The number of rotatable bonds is 4. The van der Waals surface area contributed by atoms with Crippen LogP contribution in [0.5, 0.6) is 11.6 Å². The number of pyridine rings is 1. The minimum absolute atomic E-state index is 0.0168. The third-order valence-corrected chi connectivity index (χ3v) is 5.02. The van der Waals surface area contributed by atoms with Gasteiger partial charge in [-0.1, -0.05) is 0 Å². The van der Waals surface area contributed by atoms with Gasteiger partial charge in [-0.3, -0.25) is 10.1 Å². The molecule has 1 aliphatic rings. The molecule has 1 aromatic carbocycles. The summed E-state index contributed by atoms with van der Waals surface area (Å²) in [6, 6.07) is 8.18. The molecule has 0 saturated carbocycles. The number of benzene rings is 1. The summed E-state index contributed by atoms with van der Waals surface area (Å²) in [6.07, 6.45) is 0.292. The predicted octanol–water partition coefficient (Wildman–Crippen LogP) is 5.12. The van der Waals surface area contributed by atoms with Crippen molar-refractivity contribution in [3.63, 3.8) is 0 Å². The summed E-state index contributed by atoms with van der Waals surface area (Å²) in [5.74, 6) is 0.264. The van der Waals surface area contributed by atoms with Crippen molar-refractivity contribution in [1.29, 1.82) is 0 Å². The molecule has 1 N–H and O–H groups in total. The highest BCUT2D eigenvalue weighted by Gasteiger charge is 2.30. The molecule has 1 aliphatic carbocycles. The van der Waals surface area contributed by atoms with Gasteiger partial charge in [-0.05, 0) is 68.5 Å². The Kier molecular flexibility index (Phi) is 5.58. The number of amides is 1. The van der Waals surface area contributed by atoms with E-state index in [0.29, 0.717) is 17.5 Å². The summed E-state index contributed by atoms with van der Waals surface area (Å²) >= 11 is 0. The molecule has 0 fully saturated rings. The SMILES string of the molecule is Cc1nc(NC(=O)c2ccc(Oc3ccc(C(F)(F)F)cn3)cc2)nc2c1CCCC2. The summed E-state index contributed by atoms with van der Waals surface area (Å²) in [7, 11) is 0. The van der Waals surface area contributed by atoms with Crippen molar-refractivity contribution in [1.82, 2.24) is 15.0 Å². The highest BCUT2D eigenvalue weighted by molar-refractivity contribution is 6.03. The fourth-order valence-corrected chi connectivity index (χ4v) is 3.41. The van der Waals surface area contributed by atoms with Gasteiger partial charge in [0.2, 0.25) is 11.8 Å². The van der Waals surface area contributed by atoms with Crippen LogP contribution in [0.2, 0.25) is 0 Å². The lowest BCUT2D eigenvalue weighted by Gasteiger charge is -2.17. The summed E-state index contributed by atoms with van der Waals surface area (Å²) < 4.78 is 43.2. The van der Waals surface area contributed by atoms with Crippen LogP contribution in [-0.2, 0) is 19.0 Å². The molecule has 160 valence electrons. The van der Waals surface area contributed by atoms with E-state index in [1.54, 1.807) is 12.1 Å². The molecule has 6 nitrogen and oxygen atoms in total. The smallest absolute Gasteiger partial charge is 0.417 e. The molecule has 0 saturated heterocycles. The van der Waals surface area contributed by atoms with Gasteiger partial charge in [0.15, 0.2) is 0 Å². The third-order valence-electron chi connectivity index (χ3n) is 5.02. The van der Waals surface area contributed by atoms with Crippen molar-refractivity contribution in [2.75, 3.05) is 5.32 Å². The molecule has 2 aromatic heterocycles. The lowest BCUT2D eigenvalue weighted by Crippen LogP contribution is -2.17. The van der Waals surface area contributed by atoms with E-state index in [-0.39, 0.29) is 17.7 Å². The van der Waals surface area contributed by atoms with E-state index < -0.39 is 11.7 Å². The van der Waals surface area contributed by atoms with Crippen molar-refractivity contribution in [2.24, 2.45) is 0 Å². The number of carbonyl (C=O) groups excluding carboxylic acids is 1. The Morgan fingerprint density at radius 2 is 1.77 bits per heavy atom.